The zero-order valence-corrected chi connectivity index (χ0v) is 14.3. The minimum Gasteiger partial charge on any atom is -0.339 e. The molecule has 130 valence electrons. The summed E-state index contributed by atoms with van der Waals surface area (Å²) in [6.45, 7) is 5.23. The fourth-order valence-corrected chi connectivity index (χ4v) is 3.34. The summed E-state index contributed by atoms with van der Waals surface area (Å²) >= 11 is 0. The third kappa shape index (κ3) is 4.13. The summed E-state index contributed by atoms with van der Waals surface area (Å²) in [6, 6.07) is 8.29. The van der Waals surface area contributed by atoms with E-state index in [0.717, 1.165) is 39.1 Å². The average Bonchev–Trinajstić information content (AvgIpc) is 2.61. The largest absolute Gasteiger partial charge is 0.339 e. The molecule has 3 rings (SSSR count). The molecule has 2 amide bonds. The minimum absolute atomic E-state index is 0.0973. The molecule has 0 bridgehead atoms. The van der Waals surface area contributed by atoms with Gasteiger partial charge in [0.25, 0.3) is 0 Å². The molecule has 1 saturated heterocycles. The molecule has 0 radical (unpaired) electrons. The van der Waals surface area contributed by atoms with E-state index >= 15 is 0 Å². The van der Waals surface area contributed by atoms with E-state index in [-0.39, 0.29) is 11.8 Å². The normalized spacial score (nSPS) is 17.8. The number of piperazine rings is 1. The fraction of sp³-hybridized carbons (Fsp3) is 0.556. The van der Waals surface area contributed by atoms with Crippen LogP contribution in [0.25, 0.3) is 0 Å². The maximum Gasteiger partial charge on any atom is 0.237 e. The SMILES string of the molecule is CN(CC(=O)N1CCNCC1)CC(=O)N1CCc2ccccc2C1. The van der Waals surface area contributed by atoms with Gasteiger partial charge in [0.1, 0.15) is 0 Å². The highest BCUT2D eigenvalue weighted by molar-refractivity contribution is 5.81. The van der Waals surface area contributed by atoms with Crippen LogP contribution in [0.5, 0.6) is 0 Å². The van der Waals surface area contributed by atoms with Crippen molar-refractivity contribution in [2.75, 3.05) is 52.9 Å². The number of likely N-dealkylation sites (N-methyl/N-ethyl adjacent to an activating group) is 1. The third-order valence-corrected chi connectivity index (χ3v) is 4.76. The van der Waals surface area contributed by atoms with Gasteiger partial charge in [-0.1, -0.05) is 24.3 Å². The molecule has 2 aliphatic heterocycles. The third-order valence-electron chi connectivity index (χ3n) is 4.76. The zero-order chi connectivity index (χ0) is 16.9. The molecule has 1 aromatic rings. The highest BCUT2D eigenvalue weighted by Gasteiger charge is 2.23. The van der Waals surface area contributed by atoms with Gasteiger partial charge in [-0.2, -0.15) is 0 Å². The lowest BCUT2D eigenvalue weighted by Crippen LogP contribution is -2.50. The van der Waals surface area contributed by atoms with Crippen LogP contribution in [-0.2, 0) is 22.6 Å². The van der Waals surface area contributed by atoms with Crippen molar-refractivity contribution >= 4 is 11.8 Å². The van der Waals surface area contributed by atoms with E-state index in [1.165, 1.54) is 11.1 Å². The second kappa shape index (κ2) is 7.77. The molecule has 1 aromatic carbocycles. The number of nitrogens with zero attached hydrogens (tertiary/aromatic N) is 3. The van der Waals surface area contributed by atoms with Gasteiger partial charge < -0.3 is 15.1 Å². The minimum atomic E-state index is 0.0973. The molecule has 2 aliphatic rings. The second-order valence-corrected chi connectivity index (χ2v) is 6.64. The molecule has 0 atom stereocenters. The van der Waals surface area contributed by atoms with Crippen LogP contribution in [0.15, 0.2) is 24.3 Å². The van der Waals surface area contributed by atoms with Gasteiger partial charge in [-0.3, -0.25) is 14.5 Å². The first kappa shape index (κ1) is 16.9. The van der Waals surface area contributed by atoms with E-state index < -0.39 is 0 Å². The van der Waals surface area contributed by atoms with E-state index in [4.69, 9.17) is 0 Å². The van der Waals surface area contributed by atoms with Crippen LogP contribution in [0.1, 0.15) is 11.1 Å². The first-order valence-corrected chi connectivity index (χ1v) is 8.65. The lowest BCUT2D eigenvalue weighted by molar-refractivity contribution is -0.135. The van der Waals surface area contributed by atoms with Gasteiger partial charge in [0.05, 0.1) is 13.1 Å². The predicted molar refractivity (Wildman–Crippen MR) is 92.5 cm³/mol. The zero-order valence-electron chi connectivity index (χ0n) is 14.3. The quantitative estimate of drug-likeness (QED) is 0.840. The van der Waals surface area contributed by atoms with Gasteiger partial charge in [-0.15, -0.1) is 0 Å². The summed E-state index contributed by atoms with van der Waals surface area (Å²) in [7, 11) is 1.84. The highest BCUT2D eigenvalue weighted by Crippen LogP contribution is 2.18. The summed E-state index contributed by atoms with van der Waals surface area (Å²) in [6.07, 6.45) is 0.908. The van der Waals surface area contributed by atoms with E-state index in [2.05, 4.69) is 17.4 Å². The van der Waals surface area contributed by atoms with Crippen molar-refractivity contribution in [3.05, 3.63) is 35.4 Å². The molecule has 0 spiro atoms. The average molecular weight is 330 g/mol. The smallest absolute Gasteiger partial charge is 0.237 e. The Hall–Kier alpha value is -1.92. The Bertz CT molecular complexity index is 598. The summed E-state index contributed by atoms with van der Waals surface area (Å²) < 4.78 is 0. The Labute approximate surface area is 143 Å². The maximum absolute atomic E-state index is 12.5. The fourth-order valence-electron chi connectivity index (χ4n) is 3.34. The molecule has 1 N–H and O–H groups in total. The highest BCUT2D eigenvalue weighted by atomic mass is 16.2. The Kier molecular flexibility index (Phi) is 5.48. The predicted octanol–water partition coefficient (Wildman–Crippen LogP) is -0.0651. The van der Waals surface area contributed by atoms with Gasteiger partial charge in [0.15, 0.2) is 0 Å². The molecule has 6 heteroatoms. The van der Waals surface area contributed by atoms with Gasteiger partial charge in [-0.25, -0.2) is 0 Å². The molecular formula is C18H26N4O2. The lowest BCUT2D eigenvalue weighted by atomic mass is 10.00. The van der Waals surface area contributed by atoms with Crippen LogP contribution in [-0.4, -0.2) is 79.4 Å². The van der Waals surface area contributed by atoms with Crippen LogP contribution in [0.2, 0.25) is 0 Å². The molecular weight excluding hydrogens is 304 g/mol. The lowest BCUT2D eigenvalue weighted by Gasteiger charge is -2.31. The summed E-state index contributed by atoms with van der Waals surface area (Å²) in [5.41, 5.74) is 2.57. The van der Waals surface area contributed by atoms with Crippen LogP contribution >= 0.6 is 0 Å². The monoisotopic (exact) mass is 330 g/mol. The van der Waals surface area contributed by atoms with Crippen molar-refractivity contribution in [1.82, 2.24) is 20.0 Å². The van der Waals surface area contributed by atoms with Crippen molar-refractivity contribution < 1.29 is 9.59 Å². The van der Waals surface area contributed by atoms with Crippen molar-refractivity contribution in [1.29, 1.82) is 0 Å². The maximum atomic E-state index is 12.5. The van der Waals surface area contributed by atoms with E-state index in [1.54, 1.807) is 0 Å². The summed E-state index contributed by atoms with van der Waals surface area (Å²) in [5, 5.41) is 3.24. The van der Waals surface area contributed by atoms with Crippen molar-refractivity contribution in [3.8, 4) is 0 Å². The van der Waals surface area contributed by atoms with E-state index in [9.17, 15) is 9.59 Å². The van der Waals surface area contributed by atoms with Crippen molar-refractivity contribution in [2.24, 2.45) is 0 Å². The molecule has 0 aliphatic carbocycles. The van der Waals surface area contributed by atoms with Gasteiger partial charge in [0, 0.05) is 39.3 Å². The number of nitrogens with one attached hydrogen (secondary N) is 1. The molecule has 0 aromatic heterocycles. The Balaban J connectivity index is 1.48. The van der Waals surface area contributed by atoms with E-state index in [1.807, 2.05) is 33.9 Å². The molecule has 24 heavy (non-hydrogen) atoms. The molecule has 6 nitrogen and oxygen atoms in total. The first-order valence-electron chi connectivity index (χ1n) is 8.65. The molecule has 1 fully saturated rings. The number of hydrogen-bond acceptors (Lipinski definition) is 4. The topological polar surface area (TPSA) is 55.9 Å². The van der Waals surface area contributed by atoms with Gasteiger partial charge in [0.2, 0.25) is 11.8 Å². The second-order valence-electron chi connectivity index (χ2n) is 6.64. The Morgan fingerprint density at radius 2 is 1.62 bits per heavy atom. The summed E-state index contributed by atoms with van der Waals surface area (Å²) in [5.74, 6) is 0.205. The van der Waals surface area contributed by atoms with Gasteiger partial charge >= 0.3 is 0 Å². The molecule has 2 heterocycles. The Morgan fingerprint density at radius 3 is 2.33 bits per heavy atom. The van der Waals surface area contributed by atoms with E-state index in [0.29, 0.717) is 19.6 Å². The van der Waals surface area contributed by atoms with Crippen molar-refractivity contribution in [3.63, 3.8) is 0 Å². The standard InChI is InChI=1S/C18H26N4O2/c1-20(13-17(23)21-10-7-19-8-11-21)14-18(24)22-9-6-15-4-2-3-5-16(15)12-22/h2-5,19H,6-14H2,1H3. The number of amides is 2. The summed E-state index contributed by atoms with van der Waals surface area (Å²) in [4.78, 5) is 30.4. The number of fused-ring (bicyclic) bond motifs is 1. The van der Waals surface area contributed by atoms with Crippen molar-refractivity contribution in [2.45, 2.75) is 13.0 Å². The van der Waals surface area contributed by atoms with Gasteiger partial charge in [-0.05, 0) is 24.6 Å². The van der Waals surface area contributed by atoms with Crippen LogP contribution in [0.3, 0.4) is 0 Å². The van der Waals surface area contributed by atoms with Crippen LogP contribution in [0, 0.1) is 0 Å². The number of benzene rings is 1. The number of rotatable bonds is 4. The molecule has 0 unspecified atom stereocenters. The first-order chi connectivity index (χ1) is 11.6. The van der Waals surface area contributed by atoms with Crippen LogP contribution in [0.4, 0.5) is 0 Å². The van der Waals surface area contributed by atoms with Crippen LogP contribution < -0.4 is 5.32 Å². The number of carbonyl (C=O) groups excluding carboxylic acids is 2. The Morgan fingerprint density at radius 1 is 1.00 bits per heavy atom. The number of hydrogen-bond donors (Lipinski definition) is 1. The number of carbonyl (C=O) groups is 2. The molecule has 0 saturated carbocycles.